The quantitative estimate of drug-likeness (QED) is 0.397. The second kappa shape index (κ2) is 10.5. The van der Waals surface area contributed by atoms with Gasteiger partial charge in [-0.25, -0.2) is 0 Å². The van der Waals surface area contributed by atoms with Gasteiger partial charge in [0.25, 0.3) is 11.5 Å². The fourth-order valence-electron chi connectivity index (χ4n) is 3.34. The molecule has 160 valence electrons. The van der Waals surface area contributed by atoms with Crippen LogP contribution >= 0.6 is 0 Å². The molecular weight excluding hydrogens is 390 g/mol. The summed E-state index contributed by atoms with van der Waals surface area (Å²) in [4.78, 5) is 43.4. The summed E-state index contributed by atoms with van der Waals surface area (Å²) in [5, 5.41) is 0. The van der Waals surface area contributed by atoms with Crippen LogP contribution in [-0.2, 0) is 11.3 Å². The highest BCUT2D eigenvalue weighted by atomic mass is 16.2. The number of amides is 1. The average Bonchev–Trinajstić information content (AvgIpc) is 2.79. The zero-order valence-electron chi connectivity index (χ0n) is 17.8. The van der Waals surface area contributed by atoms with Crippen molar-refractivity contribution in [3.05, 3.63) is 107 Å². The number of pyridine rings is 1. The molecule has 0 spiro atoms. The fourth-order valence-corrected chi connectivity index (χ4v) is 3.34. The third-order valence-electron chi connectivity index (χ3n) is 5.01. The number of aromatic nitrogens is 1. The first-order valence-electron chi connectivity index (χ1n) is 10.2. The lowest BCUT2D eigenvalue weighted by molar-refractivity contribution is -0.134. The second-order valence-corrected chi connectivity index (χ2v) is 7.63. The molecular formula is C25H27N3O3. The second-order valence-electron chi connectivity index (χ2n) is 7.63. The molecule has 0 aliphatic carbocycles. The molecule has 6 nitrogen and oxygen atoms in total. The molecule has 1 unspecified atom stereocenters. The molecule has 0 N–H and O–H groups in total. The van der Waals surface area contributed by atoms with Crippen molar-refractivity contribution in [1.82, 2.24) is 14.4 Å². The molecule has 1 atom stereocenters. The zero-order valence-corrected chi connectivity index (χ0v) is 17.8. The SMILES string of the molecule is CN(C)CCN(Cc1ccccc1)C(=O)C(C(=O)c1ccccc1)n1ccccc1=O. The van der Waals surface area contributed by atoms with Gasteiger partial charge >= 0.3 is 0 Å². The first-order valence-corrected chi connectivity index (χ1v) is 10.2. The molecule has 0 aliphatic rings. The molecule has 2 aromatic carbocycles. The molecule has 0 bridgehead atoms. The van der Waals surface area contributed by atoms with E-state index in [9.17, 15) is 14.4 Å². The molecule has 0 aliphatic heterocycles. The average molecular weight is 418 g/mol. The van der Waals surface area contributed by atoms with E-state index in [1.807, 2.05) is 49.3 Å². The first-order chi connectivity index (χ1) is 15.0. The summed E-state index contributed by atoms with van der Waals surface area (Å²) < 4.78 is 1.23. The highest BCUT2D eigenvalue weighted by molar-refractivity contribution is 6.11. The van der Waals surface area contributed by atoms with Crippen LogP contribution in [0.1, 0.15) is 22.0 Å². The van der Waals surface area contributed by atoms with E-state index in [-0.39, 0.29) is 0 Å². The molecule has 3 rings (SSSR count). The molecule has 6 heteroatoms. The standard InChI is InChI=1S/C25H27N3O3/c1-26(2)17-18-27(19-20-11-5-3-6-12-20)25(31)23(28-16-10-9-15-22(28)29)24(30)21-13-7-4-8-14-21/h3-16,23H,17-19H2,1-2H3. The number of hydrogen-bond donors (Lipinski definition) is 0. The molecule has 3 aromatic rings. The summed E-state index contributed by atoms with van der Waals surface area (Å²) in [5.41, 5.74) is 0.960. The highest BCUT2D eigenvalue weighted by Gasteiger charge is 2.33. The number of rotatable bonds is 9. The van der Waals surface area contributed by atoms with Crippen molar-refractivity contribution >= 4 is 11.7 Å². The van der Waals surface area contributed by atoms with Crippen molar-refractivity contribution in [3.8, 4) is 0 Å². The smallest absolute Gasteiger partial charge is 0.254 e. The summed E-state index contributed by atoms with van der Waals surface area (Å²) in [7, 11) is 3.86. The molecule has 0 saturated heterocycles. The molecule has 1 aromatic heterocycles. The summed E-state index contributed by atoms with van der Waals surface area (Å²) in [6.07, 6.45) is 1.50. The van der Waals surface area contributed by atoms with Crippen molar-refractivity contribution in [1.29, 1.82) is 0 Å². The van der Waals surface area contributed by atoms with Gasteiger partial charge in [-0.1, -0.05) is 66.7 Å². The van der Waals surface area contributed by atoms with Gasteiger partial charge < -0.3 is 9.80 Å². The Morgan fingerprint density at radius 2 is 1.45 bits per heavy atom. The Hall–Kier alpha value is -3.51. The van der Waals surface area contributed by atoms with E-state index in [0.717, 1.165) is 5.56 Å². The van der Waals surface area contributed by atoms with Crippen molar-refractivity contribution in [3.63, 3.8) is 0 Å². The van der Waals surface area contributed by atoms with Crippen LogP contribution in [0.4, 0.5) is 0 Å². The van der Waals surface area contributed by atoms with Gasteiger partial charge in [0.15, 0.2) is 11.8 Å². The minimum atomic E-state index is -1.26. The fraction of sp³-hybridized carbons (Fsp3) is 0.240. The maximum Gasteiger partial charge on any atom is 0.254 e. The van der Waals surface area contributed by atoms with Crippen LogP contribution in [0.15, 0.2) is 89.9 Å². The van der Waals surface area contributed by atoms with Gasteiger partial charge in [-0.2, -0.15) is 0 Å². The topological polar surface area (TPSA) is 62.6 Å². The molecule has 1 amide bonds. The number of Topliss-reactive ketones (excluding diaryl/α,β-unsaturated/α-hetero) is 1. The van der Waals surface area contributed by atoms with Gasteiger partial charge in [-0.15, -0.1) is 0 Å². The Morgan fingerprint density at radius 3 is 2.06 bits per heavy atom. The van der Waals surface area contributed by atoms with E-state index in [1.165, 1.54) is 16.8 Å². The first kappa shape index (κ1) is 22.2. The monoisotopic (exact) mass is 417 g/mol. The predicted octanol–water partition coefficient (Wildman–Crippen LogP) is 2.86. The lowest BCUT2D eigenvalue weighted by Gasteiger charge is -2.29. The number of likely N-dealkylation sites (N-methyl/N-ethyl adjacent to an activating group) is 1. The molecule has 0 saturated carbocycles. The van der Waals surface area contributed by atoms with Gasteiger partial charge in [-0.3, -0.25) is 19.0 Å². The van der Waals surface area contributed by atoms with Crippen LogP contribution in [0.2, 0.25) is 0 Å². The largest absolute Gasteiger partial charge is 0.335 e. The molecule has 0 fully saturated rings. The van der Waals surface area contributed by atoms with E-state index in [1.54, 1.807) is 47.4 Å². The van der Waals surface area contributed by atoms with Gasteiger partial charge in [-0.05, 0) is 25.7 Å². The molecule has 1 heterocycles. The summed E-state index contributed by atoms with van der Waals surface area (Å²) in [6.45, 7) is 1.42. The van der Waals surface area contributed by atoms with E-state index >= 15 is 0 Å². The minimum absolute atomic E-state index is 0.355. The lowest BCUT2D eigenvalue weighted by Crippen LogP contribution is -2.45. The van der Waals surface area contributed by atoms with Crippen molar-refractivity contribution < 1.29 is 9.59 Å². The molecule has 31 heavy (non-hydrogen) atoms. The van der Waals surface area contributed by atoms with Gasteiger partial charge in [0, 0.05) is 37.5 Å². The van der Waals surface area contributed by atoms with E-state index in [2.05, 4.69) is 0 Å². The maximum absolute atomic E-state index is 13.8. The third kappa shape index (κ3) is 5.77. The van der Waals surface area contributed by atoms with Gasteiger partial charge in [0.1, 0.15) is 0 Å². The number of ketones is 1. The van der Waals surface area contributed by atoms with Crippen LogP contribution < -0.4 is 5.56 Å². The normalized spacial score (nSPS) is 11.8. The summed E-state index contributed by atoms with van der Waals surface area (Å²) in [6, 6.07) is 21.6. The number of carbonyl (C=O) groups is 2. The van der Waals surface area contributed by atoms with Crippen LogP contribution in [-0.4, -0.2) is 53.2 Å². The van der Waals surface area contributed by atoms with Crippen molar-refractivity contribution in [2.45, 2.75) is 12.6 Å². The summed E-state index contributed by atoms with van der Waals surface area (Å²) >= 11 is 0. The number of hydrogen-bond acceptors (Lipinski definition) is 4. The Bertz CT molecular complexity index is 1060. The molecule has 0 radical (unpaired) electrons. The van der Waals surface area contributed by atoms with Crippen LogP contribution in [0.25, 0.3) is 0 Å². The van der Waals surface area contributed by atoms with Gasteiger partial charge in [0.2, 0.25) is 0 Å². The van der Waals surface area contributed by atoms with Gasteiger partial charge in [0.05, 0.1) is 0 Å². The Balaban J connectivity index is 2.01. The Kier molecular flexibility index (Phi) is 7.51. The Morgan fingerprint density at radius 1 is 0.839 bits per heavy atom. The highest BCUT2D eigenvalue weighted by Crippen LogP contribution is 2.18. The maximum atomic E-state index is 13.8. The minimum Gasteiger partial charge on any atom is -0.335 e. The Labute approximate surface area is 182 Å². The predicted molar refractivity (Wildman–Crippen MR) is 121 cm³/mol. The van der Waals surface area contributed by atoms with E-state index in [0.29, 0.717) is 25.2 Å². The van der Waals surface area contributed by atoms with E-state index in [4.69, 9.17) is 0 Å². The zero-order chi connectivity index (χ0) is 22.2. The third-order valence-corrected chi connectivity index (χ3v) is 5.01. The van der Waals surface area contributed by atoms with Crippen molar-refractivity contribution in [2.24, 2.45) is 0 Å². The number of benzene rings is 2. The van der Waals surface area contributed by atoms with Crippen molar-refractivity contribution in [2.75, 3.05) is 27.2 Å². The van der Waals surface area contributed by atoms with Crippen LogP contribution in [0, 0.1) is 0 Å². The van der Waals surface area contributed by atoms with Crippen LogP contribution in [0.3, 0.4) is 0 Å². The van der Waals surface area contributed by atoms with Crippen LogP contribution in [0.5, 0.6) is 0 Å². The lowest BCUT2D eigenvalue weighted by atomic mass is 10.0. The van der Waals surface area contributed by atoms with E-state index < -0.39 is 23.3 Å². The number of nitrogens with zero attached hydrogens (tertiary/aromatic N) is 3. The number of carbonyl (C=O) groups excluding carboxylic acids is 2. The summed E-state index contributed by atoms with van der Waals surface area (Å²) in [5.74, 6) is -0.797.